The molecule has 0 saturated heterocycles. The van der Waals surface area contributed by atoms with Gasteiger partial charge in [-0.25, -0.2) is 9.36 Å². The Bertz CT molecular complexity index is 1320. The van der Waals surface area contributed by atoms with Crippen LogP contribution in [0.2, 0.25) is 0 Å². The Labute approximate surface area is 213 Å². The molecule has 0 spiro atoms. The molecule has 4 aromatic carbocycles. The Morgan fingerprint density at radius 3 is 1.76 bits per heavy atom. The Balaban J connectivity index is 1.69. The van der Waals surface area contributed by atoms with Gasteiger partial charge in [-0.2, -0.15) is 0 Å². The van der Waals surface area contributed by atoms with E-state index in [0.29, 0.717) is 0 Å². The predicted molar refractivity (Wildman–Crippen MR) is 137 cm³/mol. The molecule has 1 unspecified atom stereocenters. The molecule has 0 bridgehead atoms. The van der Waals surface area contributed by atoms with E-state index in [9.17, 15) is 19.5 Å². The number of non-ortho nitro benzene ring substituents is 1. The summed E-state index contributed by atoms with van der Waals surface area (Å²) in [6, 6.07) is 31.0. The number of nitrogens with one attached hydrogen (secondary N) is 1. The van der Waals surface area contributed by atoms with Gasteiger partial charge in [-0.05, 0) is 47.5 Å². The summed E-state index contributed by atoms with van der Waals surface area (Å²) in [4.78, 5) is 23.5. The van der Waals surface area contributed by atoms with Crippen LogP contribution in [0, 0.1) is 10.1 Å². The minimum absolute atomic E-state index is 0.0248. The Kier molecular flexibility index (Phi) is 8.18. The van der Waals surface area contributed by atoms with Gasteiger partial charge in [-0.1, -0.05) is 66.7 Å². The fourth-order valence-electron chi connectivity index (χ4n) is 3.38. The van der Waals surface area contributed by atoms with Crippen LogP contribution < -0.4 is 14.4 Å². The number of hydrogen-bond donors (Lipinski definition) is 1. The predicted octanol–water partition coefficient (Wildman–Crippen LogP) is 6.87. The first-order valence-corrected chi connectivity index (χ1v) is 12.8. The van der Waals surface area contributed by atoms with Gasteiger partial charge in [0.25, 0.3) is 5.69 Å². The third kappa shape index (κ3) is 6.96. The lowest BCUT2D eigenvalue weighted by Crippen LogP contribution is -2.31. The largest absolute Gasteiger partial charge is 0.457 e. The maximum absolute atomic E-state index is 14.4. The lowest BCUT2D eigenvalue weighted by molar-refractivity contribution is -0.384. The van der Waals surface area contributed by atoms with Crippen molar-refractivity contribution in [3.8, 4) is 11.5 Å². The third-order valence-electron chi connectivity index (χ3n) is 5.15. The van der Waals surface area contributed by atoms with Crippen molar-refractivity contribution in [1.29, 1.82) is 0 Å². The molecule has 37 heavy (non-hydrogen) atoms. The number of carbonyl (C=O) groups excluding carboxylic acids is 1. The standard InChI is InChI=1S/C27H23N2O7P/c30-27(34-20-21-10-4-1-5-11-21)28-26(22-16-18-23(19-17-22)29(31)32)37(33,35-24-12-6-2-7-13-24)36-25-14-8-3-9-15-25/h1-19,26H,20H2,(H,28,30). The van der Waals surface area contributed by atoms with E-state index < -0.39 is 24.4 Å². The molecule has 0 radical (unpaired) electrons. The quantitative estimate of drug-likeness (QED) is 0.138. The molecule has 4 aromatic rings. The van der Waals surface area contributed by atoms with Gasteiger partial charge in [0.15, 0.2) is 5.78 Å². The summed E-state index contributed by atoms with van der Waals surface area (Å²) in [6.45, 7) is -0.0248. The first-order chi connectivity index (χ1) is 17.9. The van der Waals surface area contributed by atoms with Crippen LogP contribution in [0.5, 0.6) is 11.5 Å². The van der Waals surface area contributed by atoms with Crippen molar-refractivity contribution in [2.24, 2.45) is 0 Å². The van der Waals surface area contributed by atoms with E-state index in [4.69, 9.17) is 13.8 Å². The lowest BCUT2D eigenvalue weighted by atomic mass is 10.2. The van der Waals surface area contributed by atoms with Gasteiger partial charge < -0.3 is 19.1 Å². The zero-order valence-electron chi connectivity index (χ0n) is 19.5. The highest BCUT2D eigenvalue weighted by Crippen LogP contribution is 2.59. The molecule has 4 rings (SSSR count). The monoisotopic (exact) mass is 518 g/mol. The smallest absolute Gasteiger partial charge is 0.445 e. The minimum Gasteiger partial charge on any atom is -0.445 e. The molecule has 0 fully saturated rings. The number of nitrogens with zero attached hydrogens (tertiary/aromatic N) is 1. The molecule has 9 nitrogen and oxygen atoms in total. The molecule has 0 aromatic heterocycles. The summed E-state index contributed by atoms with van der Waals surface area (Å²) in [6.07, 6.45) is -0.874. The zero-order chi connectivity index (χ0) is 26.1. The van der Waals surface area contributed by atoms with Crippen molar-refractivity contribution in [3.63, 3.8) is 0 Å². The summed E-state index contributed by atoms with van der Waals surface area (Å²) in [5.74, 6) is -0.877. The fourth-order valence-corrected chi connectivity index (χ4v) is 5.26. The van der Waals surface area contributed by atoms with Crippen molar-refractivity contribution in [2.75, 3.05) is 0 Å². The second-order valence-corrected chi connectivity index (χ2v) is 9.77. The van der Waals surface area contributed by atoms with Crippen LogP contribution in [0.1, 0.15) is 16.9 Å². The van der Waals surface area contributed by atoms with E-state index in [1.54, 1.807) is 72.8 Å². The second-order valence-electron chi connectivity index (χ2n) is 7.81. The Hall–Kier alpha value is -4.62. The molecule has 10 heteroatoms. The van der Waals surface area contributed by atoms with Crippen molar-refractivity contribution < 1.29 is 28.1 Å². The number of rotatable bonds is 10. The number of para-hydroxylation sites is 2. The molecule has 1 atom stereocenters. The highest BCUT2D eigenvalue weighted by Gasteiger charge is 2.42. The molecule has 1 N–H and O–H groups in total. The van der Waals surface area contributed by atoms with E-state index in [0.717, 1.165) is 5.56 Å². The van der Waals surface area contributed by atoms with Crippen LogP contribution in [0.3, 0.4) is 0 Å². The van der Waals surface area contributed by atoms with Crippen molar-refractivity contribution in [1.82, 2.24) is 5.32 Å². The molecular formula is C27H23N2O7P. The maximum atomic E-state index is 14.4. The van der Waals surface area contributed by atoms with E-state index in [1.165, 1.54) is 24.3 Å². The summed E-state index contributed by atoms with van der Waals surface area (Å²) < 4.78 is 31.6. The number of ether oxygens (including phenoxy) is 1. The number of alkyl carbamates (subject to hydrolysis) is 1. The molecule has 0 heterocycles. The summed E-state index contributed by atoms with van der Waals surface area (Å²) >= 11 is 0. The molecule has 0 aliphatic carbocycles. The summed E-state index contributed by atoms with van der Waals surface area (Å²) in [5.41, 5.74) is 0.850. The van der Waals surface area contributed by atoms with Crippen molar-refractivity contribution in [2.45, 2.75) is 12.4 Å². The molecule has 0 saturated carbocycles. The number of hydrogen-bond acceptors (Lipinski definition) is 7. The molecule has 188 valence electrons. The third-order valence-corrected chi connectivity index (χ3v) is 7.15. The normalized spacial score (nSPS) is 11.7. The van der Waals surface area contributed by atoms with E-state index in [-0.39, 0.29) is 29.4 Å². The van der Waals surface area contributed by atoms with Crippen LogP contribution in [-0.2, 0) is 15.9 Å². The number of amides is 1. The number of carbonyl (C=O) groups is 1. The van der Waals surface area contributed by atoms with E-state index in [1.807, 2.05) is 18.2 Å². The lowest BCUT2D eigenvalue weighted by Gasteiger charge is -2.28. The highest BCUT2D eigenvalue weighted by molar-refractivity contribution is 7.55. The molecule has 0 aliphatic rings. The average Bonchev–Trinajstić information content (AvgIpc) is 2.92. The van der Waals surface area contributed by atoms with Crippen LogP contribution in [0.15, 0.2) is 115 Å². The number of nitro benzene ring substituents is 1. The summed E-state index contributed by atoms with van der Waals surface area (Å²) in [5, 5.41) is 13.8. The minimum atomic E-state index is -4.27. The SMILES string of the molecule is O=C(NC(c1ccc([N+](=O)[O-])cc1)P(=O)(Oc1ccccc1)Oc1ccccc1)OCc1ccccc1. The van der Waals surface area contributed by atoms with E-state index in [2.05, 4.69) is 5.32 Å². The Morgan fingerprint density at radius 2 is 1.27 bits per heavy atom. The zero-order valence-corrected chi connectivity index (χ0v) is 20.4. The topological polar surface area (TPSA) is 117 Å². The van der Waals surface area contributed by atoms with Gasteiger partial charge in [0, 0.05) is 12.1 Å². The van der Waals surface area contributed by atoms with Crippen LogP contribution >= 0.6 is 7.60 Å². The van der Waals surface area contributed by atoms with Crippen molar-refractivity contribution >= 4 is 19.4 Å². The average molecular weight is 518 g/mol. The van der Waals surface area contributed by atoms with Crippen molar-refractivity contribution in [3.05, 3.63) is 137 Å². The van der Waals surface area contributed by atoms with E-state index >= 15 is 0 Å². The van der Waals surface area contributed by atoms with Gasteiger partial charge in [0.2, 0.25) is 0 Å². The van der Waals surface area contributed by atoms with Gasteiger partial charge in [-0.3, -0.25) is 10.1 Å². The highest BCUT2D eigenvalue weighted by atomic mass is 31.2. The molecule has 0 aliphatic heterocycles. The van der Waals surface area contributed by atoms with Gasteiger partial charge >= 0.3 is 13.7 Å². The second kappa shape index (κ2) is 11.9. The van der Waals surface area contributed by atoms with Gasteiger partial charge in [0.1, 0.15) is 18.1 Å². The first-order valence-electron chi connectivity index (χ1n) is 11.2. The number of nitro groups is 1. The Morgan fingerprint density at radius 1 is 0.784 bits per heavy atom. The van der Waals surface area contributed by atoms with Crippen LogP contribution in [-0.4, -0.2) is 11.0 Å². The first kappa shape index (κ1) is 25.5. The summed E-state index contributed by atoms with van der Waals surface area (Å²) in [7, 11) is -4.27. The van der Waals surface area contributed by atoms with Crippen LogP contribution in [0.25, 0.3) is 0 Å². The fraction of sp³-hybridized carbons (Fsp3) is 0.0741. The van der Waals surface area contributed by atoms with Gasteiger partial charge in [-0.15, -0.1) is 0 Å². The molecular weight excluding hydrogens is 495 g/mol. The number of benzene rings is 4. The molecule has 1 amide bonds. The maximum Gasteiger partial charge on any atom is 0.457 e. The van der Waals surface area contributed by atoms with Crippen LogP contribution in [0.4, 0.5) is 10.5 Å². The van der Waals surface area contributed by atoms with Gasteiger partial charge in [0.05, 0.1) is 4.92 Å².